The first-order valence-corrected chi connectivity index (χ1v) is 9.65. The molecule has 0 spiro atoms. The molecule has 1 fully saturated rings. The summed E-state index contributed by atoms with van der Waals surface area (Å²) in [4.78, 5) is 15.5. The Balaban J connectivity index is 1.94. The molecule has 6 nitrogen and oxygen atoms in total. The number of carbonyl (C=O) groups excluding carboxylic acids is 1. The van der Waals surface area contributed by atoms with Gasteiger partial charge in [-0.15, -0.1) is 0 Å². The summed E-state index contributed by atoms with van der Waals surface area (Å²) in [5.74, 6) is -2.13. The van der Waals surface area contributed by atoms with Crippen LogP contribution in [-0.4, -0.2) is 43.5 Å². The van der Waals surface area contributed by atoms with Crippen molar-refractivity contribution in [2.75, 3.05) is 13.2 Å². The van der Waals surface area contributed by atoms with Gasteiger partial charge in [0.05, 0.1) is 13.2 Å². The second-order valence-electron chi connectivity index (χ2n) is 6.94. The maximum absolute atomic E-state index is 13.3. The van der Waals surface area contributed by atoms with E-state index >= 15 is 0 Å². The number of nitrogens with zero attached hydrogens (tertiary/aromatic N) is 1. The largest absolute Gasteiger partial charge is 0.450 e. The fourth-order valence-electron chi connectivity index (χ4n) is 3.06. The molecule has 0 heterocycles. The number of hydrogen-bond acceptors (Lipinski definition) is 3. The molecule has 0 aliphatic heterocycles. The van der Waals surface area contributed by atoms with Crippen LogP contribution in [0.2, 0.25) is 0 Å². The number of benzene rings is 1. The van der Waals surface area contributed by atoms with E-state index < -0.39 is 30.4 Å². The maximum atomic E-state index is 13.3. The average molecular weight is 436 g/mol. The molecule has 1 saturated carbocycles. The van der Waals surface area contributed by atoms with Crippen molar-refractivity contribution in [1.82, 2.24) is 16.0 Å². The zero-order chi connectivity index (χ0) is 22.1. The van der Waals surface area contributed by atoms with Crippen molar-refractivity contribution in [3.8, 4) is 0 Å². The minimum atomic E-state index is -4.44. The Hall–Kier alpha value is -2.59. The minimum absolute atomic E-state index is 0.0622. The molecule has 2 rings (SSSR count). The highest BCUT2D eigenvalue weighted by Crippen LogP contribution is 2.19. The van der Waals surface area contributed by atoms with Gasteiger partial charge in [-0.25, -0.2) is 18.6 Å². The molecule has 0 bridgehead atoms. The van der Waals surface area contributed by atoms with Crippen LogP contribution in [0.3, 0.4) is 0 Å². The normalized spacial score (nSPS) is 19.9. The molecule has 30 heavy (non-hydrogen) atoms. The van der Waals surface area contributed by atoms with Gasteiger partial charge < -0.3 is 20.7 Å². The molecule has 1 aliphatic carbocycles. The molecule has 1 aromatic carbocycles. The molecule has 11 heteroatoms. The summed E-state index contributed by atoms with van der Waals surface area (Å²) in [5.41, 5.74) is 0.323. The fourth-order valence-corrected chi connectivity index (χ4v) is 3.06. The highest BCUT2D eigenvalue weighted by Gasteiger charge is 2.28. The lowest BCUT2D eigenvalue weighted by molar-refractivity contribution is -0.122. The van der Waals surface area contributed by atoms with Crippen LogP contribution in [0.5, 0.6) is 0 Å². The zero-order valence-electron chi connectivity index (χ0n) is 16.5. The summed E-state index contributed by atoms with van der Waals surface area (Å²) in [6.45, 7) is 0.571. The number of hydrogen-bond donors (Lipinski definition) is 3. The SMILES string of the molecule is CCOC(=O)NC1CCC(NC(=NCc2ccc(F)c(F)c2)NCC(F)(F)F)CC1. The summed E-state index contributed by atoms with van der Waals surface area (Å²) in [5, 5.41) is 7.92. The molecular weight excluding hydrogens is 411 g/mol. The molecule has 0 saturated heterocycles. The highest BCUT2D eigenvalue weighted by molar-refractivity contribution is 5.80. The second kappa shape index (κ2) is 11.0. The number of carbonyl (C=O) groups is 1. The van der Waals surface area contributed by atoms with Crippen LogP contribution in [0.15, 0.2) is 23.2 Å². The Morgan fingerprint density at radius 3 is 2.30 bits per heavy atom. The van der Waals surface area contributed by atoms with Gasteiger partial charge in [-0.3, -0.25) is 0 Å². The first-order chi connectivity index (χ1) is 14.2. The fraction of sp³-hybridized carbons (Fsp3) is 0.579. The van der Waals surface area contributed by atoms with E-state index in [4.69, 9.17) is 4.74 Å². The first-order valence-electron chi connectivity index (χ1n) is 9.65. The quantitative estimate of drug-likeness (QED) is 0.362. The van der Waals surface area contributed by atoms with Gasteiger partial charge in [0.15, 0.2) is 17.6 Å². The van der Waals surface area contributed by atoms with E-state index in [-0.39, 0.29) is 31.2 Å². The van der Waals surface area contributed by atoms with E-state index in [1.165, 1.54) is 6.07 Å². The number of alkyl carbamates (subject to hydrolysis) is 1. The van der Waals surface area contributed by atoms with Crippen molar-refractivity contribution < 1.29 is 31.5 Å². The van der Waals surface area contributed by atoms with E-state index in [0.29, 0.717) is 31.2 Å². The molecule has 0 unspecified atom stereocenters. The molecule has 1 aromatic rings. The molecular formula is C19H25F5N4O2. The van der Waals surface area contributed by atoms with Crippen LogP contribution in [0, 0.1) is 11.6 Å². The second-order valence-corrected chi connectivity index (χ2v) is 6.94. The lowest BCUT2D eigenvalue weighted by Crippen LogP contribution is -2.49. The molecule has 1 amide bonds. The Kier molecular flexibility index (Phi) is 8.67. The van der Waals surface area contributed by atoms with Crippen LogP contribution in [0.1, 0.15) is 38.2 Å². The van der Waals surface area contributed by atoms with E-state index in [2.05, 4.69) is 20.9 Å². The molecule has 0 aromatic heterocycles. The molecule has 168 valence electrons. The van der Waals surface area contributed by atoms with E-state index in [9.17, 15) is 26.7 Å². The van der Waals surface area contributed by atoms with Gasteiger partial charge >= 0.3 is 12.3 Å². The van der Waals surface area contributed by atoms with Gasteiger partial charge in [0.25, 0.3) is 0 Å². The third kappa shape index (κ3) is 8.42. The van der Waals surface area contributed by atoms with Crippen LogP contribution in [0.25, 0.3) is 0 Å². The Bertz CT molecular complexity index is 734. The highest BCUT2D eigenvalue weighted by atomic mass is 19.4. The smallest absolute Gasteiger partial charge is 0.407 e. The summed E-state index contributed by atoms with van der Waals surface area (Å²) in [7, 11) is 0. The number of amides is 1. The molecule has 0 radical (unpaired) electrons. The van der Waals surface area contributed by atoms with Gasteiger partial charge in [0, 0.05) is 12.1 Å². The van der Waals surface area contributed by atoms with Crippen LogP contribution >= 0.6 is 0 Å². The summed E-state index contributed by atoms with van der Waals surface area (Å²) in [6, 6.07) is 3.00. The van der Waals surface area contributed by atoms with Gasteiger partial charge in [0.2, 0.25) is 0 Å². The Labute approximate surface area is 171 Å². The standard InChI is InChI=1S/C19H25F5N4O2/c1-2-30-18(29)28-14-6-4-13(5-7-14)27-17(26-11-19(22,23)24)25-10-12-3-8-15(20)16(21)9-12/h3,8-9,13-14H,2,4-7,10-11H2,1H3,(H,28,29)(H2,25,26,27). The average Bonchev–Trinajstić information content (AvgIpc) is 2.67. The van der Waals surface area contributed by atoms with Gasteiger partial charge in [-0.05, 0) is 50.3 Å². The predicted octanol–water partition coefficient (Wildman–Crippen LogP) is 3.62. The van der Waals surface area contributed by atoms with Crippen molar-refractivity contribution in [2.45, 2.75) is 57.4 Å². The van der Waals surface area contributed by atoms with Gasteiger partial charge in [-0.1, -0.05) is 6.07 Å². The molecule has 0 atom stereocenters. The van der Waals surface area contributed by atoms with Crippen molar-refractivity contribution in [3.63, 3.8) is 0 Å². The van der Waals surface area contributed by atoms with Crippen molar-refractivity contribution >= 4 is 12.1 Å². The third-order valence-electron chi connectivity index (χ3n) is 4.53. The summed E-state index contributed by atoms with van der Waals surface area (Å²) >= 11 is 0. The van der Waals surface area contributed by atoms with Crippen molar-refractivity contribution in [3.05, 3.63) is 35.4 Å². The van der Waals surface area contributed by atoms with E-state index in [1.54, 1.807) is 6.92 Å². The lowest BCUT2D eigenvalue weighted by atomic mass is 9.91. The molecule has 3 N–H and O–H groups in total. The number of halogens is 5. The lowest BCUT2D eigenvalue weighted by Gasteiger charge is -2.30. The number of ether oxygens (including phenoxy) is 1. The maximum Gasteiger partial charge on any atom is 0.407 e. The number of guanidine groups is 1. The third-order valence-corrected chi connectivity index (χ3v) is 4.53. The number of alkyl halides is 3. The predicted molar refractivity (Wildman–Crippen MR) is 101 cm³/mol. The van der Waals surface area contributed by atoms with Crippen LogP contribution in [-0.2, 0) is 11.3 Å². The number of rotatable bonds is 6. The van der Waals surface area contributed by atoms with Gasteiger partial charge in [-0.2, -0.15) is 13.2 Å². The first kappa shape index (κ1) is 23.7. The van der Waals surface area contributed by atoms with Crippen molar-refractivity contribution in [1.29, 1.82) is 0 Å². The van der Waals surface area contributed by atoms with E-state index in [1.807, 2.05) is 0 Å². The van der Waals surface area contributed by atoms with Crippen LogP contribution < -0.4 is 16.0 Å². The summed E-state index contributed by atoms with van der Waals surface area (Å²) in [6.07, 6.45) is -2.46. The minimum Gasteiger partial charge on any atom is -0.450 e. The summed E-state index contributed by atoms with van der Waals surface area (Å²) < 4.78 is 69.0. The van der Waals surface area contributed by atoms with Crippen molar-refractivity contribution in [2.24, 2.45) is 4.99 Å². The number of nitrogens with one attached hydrogen (secondary N) is 3. The molecule has 1 aliphatic rings. The van der Waals surface area contributed by atoms with Gasteiger partial charge in [0.1, 0.15) is 6.54 Å². The topological polar surface area (TPSA) is 74.8 Å². The Morgan fingerprint density at radius 2 is 1.73 bits per heavy atom. The number of aliphatic imine (C=N–C) groups is 1. The van der Waals surface area contributed by atoms with E-state index in [0.717, 1.165) is 12.1 Å². The van der Waals surface area contributed by atoms with Crippen LogP contribution in [0.4, 0.5) is 26.7 Å². The Morgan fingerprint density at radius 1 is 1.10 bits per heavy atom. The monoisotopic (exact) mass is 436 g/mol. The zero-order valence-corrected chi connectivity index (χ0v) is 16.5.